The largest absolute Gasteiger partial charge is 0.373 e. The fraction of sp³-hybridized carbons (Fsp3) is 0.500. The van der Waals surface area contributed by atoms with Crippen LogP contribution in [-0.2, 0) is 7.05 Å². The lowest BCUT2D eigenvalue weighted by molar-refractivity contribution is 0.00274. The Labute approximate surface area is 178 Å². The third-order valence-electron chi connectivity index (χ3n) is 6.33. The molecule has 0 aliphatic carbocycles. The predicted molar refractivity (Wildman–Crippen MR) is 122 cm³/mol. The Morgan fingerprint density at radius 3 is 2.53 bits per heavy atom. The molecule has 160 valence electrons. The van der Waals surface area contributed by atoms with E-state index in [0.717, 1.165) is 54.4 Å². The molecule has 0 radical (unpaired) electrons. The van der Waals surface area contributed by atoms with Gasteiger partial charge in [0.15, 0.2) is 0 Å². The number of piperidine rings is 1. The number of rotatable bonds is 6. The van der Waals surface area contributed by atoms with E-state index in [1.54, 1.807) is 0 Å². The van der Waals surface area contributed by atoms with E-state index in [0.29, 0.717) is 11.7 Å². The fourth-order valence-electron chi connectivity index (χ4n) is 4.32. The van der Waals surface area contributed by atoms with Gasteiger partial charge >= 0.3 is 0 Å². The minimum atomic E-state index is -0.620. The predicted octanol–water partition coefficient (Wildman–Crippen LogP) is 4.12. The van der Waals surface area contributed by atoms with Gasteiger partial charge in [-0.05, 0) is 54.9 Å². The van der Waals surface area contributed by atoms with Gasteiger partial charge < -0.3 is 15.3 Å². The Hall–Kier alpha value is -2.44. The maximum Gasteiger partial charge on any atom is 0.131 e. The third-order valence-corrected chi connectivity index (χ3v) is 6.33. The van der Waals surface area contributed by atoms with E-state index in [-0.39, 0.29) is 5.41 Å². The van der Waals surface area contributed by atoms with E-state index in [2.05, 4.69) is 59.3 Å². The molecular weight excluding hydrogens is 374 g/mol. The first-order chi connectivity index (χ1) is 14.3. The highest BCUT2D eigenvalue weighted by molar-refractivity contribution is 5.88. The smallest absolute Gasteiger partial charge is 0.131 e. The number of likely N-dealkylation sites (tertiary alicyclic amines) is 1. The van der Waals surface area contributed by atoms with Crippen molar-refractivity contribution >= 4 is 16.6 Å². The van der Waals surface area contributed by atoms with Gasteiger partial charge in [0.05, 0.1) is 6.20 Å². The second-order valence-corrected chi connectivity index (χ2v) is 9.43. The minimum absolute atomic E-state index is 0.151. The van der Waals surface area contributed by atoms with Gasteiger partial charge in [-0.3, -0.25) is 4.68 Å². The third kappa shape index (κ3) is 4.50. The highest BCUT2D eigenvalue weighted by atomic mass is 16.3. The molecule has 1 fully saturated rings. The Morgan fingerprint density at radius 1 is 1.10 bits per heavy atom. The molecule has 1 aliphatic rings. The fourth-order valence-corrected chi connectivity index (χ4v) is 4.32. The van der Waals surface area contributed by atoms with Gasteiger partial charge in [-0.1, -0.05) is 32.9 Å². The quantitative estimate of drug-likeness (QED) is 0.602. The molecule has 0 amide bonds. The van der Waals surface area contributed by atoms with Crippen LogP contribution in [0.5, 0.6) is 0 Å². The van der Waals surface area contributed by atoms with Crippen molar-refractivity contribution in [2.75, 3.05) is 25.0 Å². The molecule has 2 N–H and O–H groups in total. The second kappa shape index (κ2) is 8.36. The van der Waals surface area contributed by atoms with Gasteiger partial charge in [0.1, 0.15) is 12.0 Å². The maximum atomic E-state index is 11.0. The number of aliphatic hydroxyl groups is 1. The normalized spacial score (nSPS) is 18.1. The second-order valence-electron chi connectivity index (χ2n) is 9.43. The summed E-state index contributed by atoms with van der Waals surface area (Å²) in [6.07, 6.45) is 7.09. The van der Waals surface area contributed by atoms with Gasteiger partial charge in [0.25, 0.3) is 0 Å². The average Bonchev–Trinajstić information content (AvgIpc) is 3.15. The molecule has 3 aromatic rings. The Balaban J connectivity index is 1.48. The highest BCUT2D eigenvalue weighted by Gasteiger charge is 2.37. The molecule has 1 unspecified atom stereocenters. The first-order valence-corrected chi connectivity index (χ1v) is 10.9. The minimum Gasteiger partial charge on any atom is -0.373 e. The van der Waals surface area contributed by atoms with Crippen LogP contribution < -0.4 is 5.32 Å². The van der Waals surface area contributed by atoms with Crippen LogP contribution in [-0.4, -0.2) is 50.6 Å². The molecule has 1 atom stereocenters. The SMILES string of the molecule is CC(C)CN1CCC(C)(C(O)Nc2cc3cc(-c4cnn(C)c4)ccc3cn2)CC1. The molecule has 1 aliphatic heterocycles. The maximum absolute atomic E-state index is 11.0. The summed E-state index contributed by atoms with van der Waals surface area (Å²) in [4.78, 5) is 7.04. The molecule has 0 bridgehead atoms. The molecular formula is C24H33N5O. The first kappa shape index (κ1) is 20.8. The summed E-state index contributed by atoms with van der Waals surface area (Å²) in [7, 11) is 1.92. The molecule has 3 heterocycles. The van der Waals surface area contributed by atoms with Gasteiger partial charge in [-0.2, -0.15) is 5.10 Å². The van der Waals surface area contributed by atoms with Gasteiger partial charge in [-0.25, -0.2) is 4.98 Å². The highest BCUT2D eigenvalue weighted by Crippen LogP contribution is 2.35. The molecule has 4 rings (SSSR count). The molecule has 6 nitrogen and oxygen atoms in total. The van der Waals surface area contributed by atoms with Crippen LogP contribution in [0.2, 0.25) is 0 Å². The summed E-state index contributed by atoms with van der Waals surface area (Å²) in [6.45, 7) is 9.90. The van der Waals surface area contributed by atoms with Crippen molar-refractivity contribution in [3.05, 3.63) is 42.9 Å². The van der Waals surface area contributed by atoms with Crippen molar-refractivity contribution < 1.29 is 5.11 Å². The van der Waals surface area contributed by atoms with Crippen molar-refractivity contribution in [3.8, 4) is 11.1 Å². The Morgan fingerprint density at radius 2 is 1.87 bits per heavy atom. The monoisotopic (exact) mass is 407 g/mol. The van der Waals surface area contributed by atoms with Crippen LogP contribution in [0.15, 0.2) is 42.9 Å². The molecule has 2 aromatic heterocycles. The van der Waals surface area contributed by atoms with Crippen molar-refractivity contribution in [2.45, 2.75) is 39.8 Å². The van der Waals surface area contributed by atoms with Crippen molar-refractivity contribution in [2.24, 2.45) is 18.4 Å². The number of anilines is 1. The van der Waals surface area contributed by atoms with E-state index in [9.17, 15) is 5.11 Å². The molecule has 30 heavy (non-hydrogen) atoms. The Bertz CT molecular complexity index is 1000. The summed E-state index contributed by atoms with van der Waals surface area (Å²) in [5.74, 6) is 1.39. The first-order valence-electron chi connectivity index (χ1n) is 10.9. The van der Waals surface area contributed by atoms with Crippen molar-refractivity contribution in [3.63, 3.8) is 0 Å². The topological polar surface area (TPSA) is 66.2 Å². The lowest BCUT2D eigenvalue weighted by Gasteiger charge is -2.42. The van der Waals surface area contributed by atoms with Crippen LogP contribution >= 0.6 is 0 Å². The van der Waals surface area contributed by atoms with Gasteiger partial charge in [0, 0.05) is 42.4 Å². The summed E-state index contributed by atoms with van der Waals surface area (Å²) in [5, 5.41) is 20.7. The van der Waals surface area contributed by atoms with E-state index >= 15 is 0 Å². The van der Waals surface area contributed by atoms with E-state index < -0.39 is 6.23 Å². The van der Waals surface area contributed by atoms with E-state index in [1.165, 1.54) is 0 Å². The number of hydrogen-bond donors (Lipinski definition) is 2. The zero-order valence-corrected chi connectivity index (χ0v) is 18.5. The molecule has 0 saturated carbocycles. The van der Waals surface area contributed by atoms with Crippen LogP contribution in [0.25, 0.3) is 21.9 Å². The standard InChI is InChI=1S/C24H33N5O/c1-17(2)15-29-9-7-24(3,8-10-29)23(30)27-22-12-20-11-18(5-6-19(20)13-25-22)21-14-26-28(4)16-21/h5-6,11-14,16-17,23,30H,7-10,15H2,1-4H3,(H,25,27). The average molecular weight is 408 g/mol. The van der Waals surface area contributed by atoms with Gasteiger partial charge in [-0.15, -0.1) is 0 Å². The molecule has 6 heteroatoms. The number of aliphatic hydroxyl groups excluding tert-OH is 1. The molecule has 1 saturated heterocycles. The number of aryl methyl sites for hydroxylation is 1. The molecule has 1 aromatic carbocycles. The van der Waals surface area contributed by atoms with Crippen molar-refractivity contribution in [1.82, 2.24) is 19.7 Å². The lowest BCUT2D eigenvalue weighted by atomic mass is 9.78. The zero-order chi connectivity index (χ0) is 21.3. The summed E-state index contributed by atoms with van der Waals surface area (Å²) < 4.78 is 1.81. The number of nitrogens with one attached hydrogen (secondary N) is 1. The van der Waals surface area contributed by atoms with Crippen LogP contribution in [0.4, 0.5) is 5.82 Å². The van der Waals surface area contributed by atoms with Crippen molar-refractivity contribution in [1.29, 1.82) is 0 Å². The summed E-state index contributed by atoms with van der Waals surface area (Å²) >= 11 is 0. The molecule has 0 spiro atoms. The Kier molecular flexibility index (Phi) is 5.80. The number of aromatic nitrogens is 3. The van der Waals surface area contributed by atoms with Crippen LogP contribution in [0, 0.1) is 11.3 Å². The number of benzene rings is 1. The number of hydrogen-bond acceptors (Lipinski definition) is 5. The number of nitrogens with zero attached hydrogens (tertiary/aromatic N) is 4. The van der Waals surface area contributed by atoms with E-state index in [4.69, 9.17) is 0 Å². The van der Waals surface area contributed by atoms with Crippen LogP contribution in [0.1, 0.15) is 33.6 Å². The number of pyridine rings is 1. The van der Waals surface area contributed by atoms with Gasteiger partial charge in [0.2, 0.25) is 0 Å². The zero-order valence-electron chi connectivity index (χ0n) is 18.5. The number of fused-ring (bicyclic) bond motifs is 1. The van der Waals surface area contributed by atoms with Crippen LogP contribution in [0.3, 0.4) is 0 Å². The van der Waals surface area contributed by atoms with E-state index in [1.807, 2.05) is 36.4 Å². The summed E-state index contributed by atoms with van der Waals surface area (Å²) in [6, 6.07) is 8.35. The summed E-state index contributed by atoms with van der Waals surface area (Å²) in [5.41, 5.74) is 2.06. The lowest BCUT2D eigenvalue weighted by Crippen LogP contribution is -2.48.